The molecule has 1 heterocycles. The minimum Gasteiger partial charge on any atom is -0.479 e. The van der Waals surface area contributed by atoms with Crippen LogP contribution in [0.5, 0.6) is 0 Å². The molecule has 12 heteroatoms. The molecule has 1 aliphatic heterocycles. The van der Waals surface area contributed by atoms with E-state index in [9.17, 15) is 34.5 Å². The molecule has 0 spiro atoms. The molecule has 0 amide bonds. The molecule has 3 N–H and O–H groups in total. The summed E-state index contributed by atoms with van der Waals surface area (Å²) in [5.41, 5.74) is 0. The number of allylic oxidation sites excluding steroid dienone is 8. The summed E-state index contributed by atoms with van der Waals surface area (Å²) in [5.74, 6) is -3.20. The average molecular weight is 1090 g/mol. The molecule has 0 aromatic carbocycles. The highest BCUT2D eigenvalue weighted by atomic mass is 16.7. The van der Waals surface area contributed by atoms with Crippen LogP contribution in [0.25, 0.3) is 0 Å². The lowest BCUT2D eigenvalue weighted by Crippen LogP contribution is -2.61. The Hall–Kier alpha value is -3.32. The minimum atomic E-state index is -1.91. The van der Waals surface area contributed by atoms with Crippen molar-refractivity contribution in [2.45, 2.75) is 327 Å². The van der Waals surface area contributed by atoms with Crippen LogP contribution in [0.2, 0.25) is 0 Å². The quantitative estimate of drug-likeness (QED) is 0.0228. The van der Waals surface area contributed by atoms with Gasteiger partial charge >= 0.3 is 23.9 Å². The van der Waals surface area contributed by atoms with Crippen LogP contribution >= 0.6 is 0 Å². The zero-order valence-electron chi connectivity index (χ0n) is 49.2. The zero-order valence-corrected chi connectivity index (χ0v) is 49.2. The number of esters is 3. The molecular weight excluding hydrogens is 973 g/mol. The summed E-state index contributed by atoms with van der Waals surface area (Å²) >= 11 is 0. The Kier molecular flexibility index (Phi) is 49.7. The van der Waals surface area contributed by atoms with Gasteiger partial charge < -0.3 is 39.0 Å². The highest BCUT2D eigenvalue weighted by molar-refractivity contribution is 5.74. The number of carbonyl (C=O) groups is 4. The summed E-state index contributed by atoms with van der Waals surface area (Å²) in [5, 5.41) is 31.5. The van der Waals surface area contributed by atoms with Crippen LogP contribution in [0.4, 0.5) is 0 Å². The molecule has 1 fully saturated rings. The maximum atomic E-state index is 13.1. The SMILES string of the molecule is CC/C=C\C/C=C\C/C=C\C/C=C\CCC(=O)OC(COC(=O)CCCCCCCCCCCCCCCCCCC)COC1OC(C(=O)O)C(O)C(O)C1OC(=O)CCCCCCCCCCCCCCCCCCC. The van der Waals surface area contributed by atoms with Crippen LogP contribution in [-0.4, -0.2) is 89.2 Å². The van der Waals surface area contributed by atoms with Crippen molar-refractivity contribution in [1.82, 2.24) is 0 Å². The Balaban J connectivity index is 2.66. The van der Waals surface area contributed by atoms with Crippen molar-refractivity contribution in [2.75, 3.05) is 13.2 Å². The number of carbonyl (C=O) groups excluding carboxylic acids is 3. The molecule has 446 valence electrons. The Bertz CT molecular complexity index is 1520. The second-order valence-electron chi connectivity index (χ2n) is 21.7. The number of carboxylic acids is 1. The third-order valence-corrected chi connectivity index (χ3v) is 14.4. The molecule has 6 atom stereocenters. The fourth-order valence-electron chi connectivity index (χ4n) is 9.62. The molecule has 1 rings (SSSR count). The smallest absolute Gasteiger partial charge is 0.335 e. The normalized spacial score (nSPS) is 18.3. The van der Waals surface area contributed by atoms with E-state index >= 15 is 0 Å². The maximum Gasteiger partial charge on any atom is 0.335 e. The second-order valence-corrected chi connectivity index (χ2v) is 21.7. The van der Waals surface area contributed by atoms with Gasteiger partial charge in [-0.2, -0.15) is 0 Å². The summed E-state index contributed by atoms with van der Waals surface area (Å²) in [7, 11) is 0. The summed E-state index contributed by atoms with van der Waals surface area (Å²) in [6, 6.07) is 0. The topological polar surface area (TPSA) is 175 Å². The number of aliphatic hydroxyl groups is 2. The van der Waals surface area contributed by atoms with Crippen molar-refractivity contribution in [3.05, 3.63) is 48.6 Å². The summed E-state index contributed by atoms with van der Waals surface area (Å²) < 4.78 is 28.4. The fraction of sp³-hybridized carbons (Fsp3) is 0.815. The fourth-order valence-corrected chi connectivity index (χ4v) is 9.62. The van der Waals surface area contributed by atoms with E-state index in [-0.39, 0.29) is 25.9 Å². The van der Waals surface area contributed by atoms with Gasteiger partial charge in [-0.1, -0.05) is 275 Å². The number of aliphatic hydroxyl groups excluding tert-OH is 2. The zero-order chi connectivity index (χ0) is 56.1. The first-order valence-corrected chi connectivity index (χ1v) is 31.6. The lowest BCUT2D eigenvalue weighted by molar-refractivity contribution is -0.301. The average Bonchev–Trinajstić information content (AvgIpc) is 3.42. The van der Waals surface area contributed by atoms with Gasteiger partial charge in [0.2, 0.25) is 0 Å². The van der Waals surface area contributed by atoms with Gasteiger partial charge in [-0.3, -0.25) is 14.4 Å². The van der Waals surface area contributed by atoms with Gasteiger partial charge in [0.25, 0.3) is 0 Å². The van der Waals surface area contributed by atoms with Gasteiger partial charge in [0, 0.05) is 19.3 Å². The largest absolute Gasteiger partial charge is 0.479 e. The predicted octanol–water partition coefficient (Wildman–Crippen LogP) is 16.6. The van der Waals surface area contributed by atoms with E-state index in [0.717, 1.165) is 70.6 Å². The van der Waals surface area contributed by atoms with E-state index in [1.54, 1.807) is 0 Å². The highest BCUT2D eigenvalue weighted by Gasteiger charge is 2.50. The number of hydrogen-bond donors (Lipinski definition) is 3. The van der Waals surface area contributed by atoms with E-state index in [4.69, 9.17) is 23.7 Å². The Labute approximate surface area is 469 Å². The maximum absolute atomic E-state index is 13.1. The molecule has 0 aromatic rings. The van der Waals surface area contributed by atoms with Crippen molar-refractivity contribution >= 4 is 23.9 Å². The molecule has 0 saturated carbocycles. The number of unbranched alkanes of at least 4 members (excludes halogenated alkanes) is 32. The molecule has 0 bridgehead atoms. The lowest BCUT2D eigenvalue weighted by atomic mass is 9.98. The first-order chi connectivity index (χ1) is 37.6. The van der Waals surface area contributed by atoms with Gasteiger partial charge in [-0.25, -0.2) is 4.79 Å². The lowest BCUT2D eigenvalue weighted by Gasteiger charge is -2.40. The molecule has 0 aliphatic carbocycles. The molecule has 6 unspecified atom stereocenters. The number of hydrogen-bond acceptors (Lipinski definition) is 11. The molecule has 0 aromatic heterocycles. The Morgan fingerprint density at radius 1 is 0.442 bits per heavy atom. The minimum absolute atomic E-state index is 0.0451. The number of aliphatic carboxylic acids is 1. The van der Waals surface area contributed by atoms with Crippen LogP contribution < -0.4 is 0 Å². The third-order valence-electron chi connectivity index (χ3n) is 14.4. The van der Waals surface area contributed by atoms with Crippen molar-refractivity contribution in [2.24, 2.45) is 0 Å². The van der Waals surface area contributed by atoms with Crippen LogP contribution in [-0.2, 0) is 42.9 Å². The standard InChI is InChI=1S/C65H114O12/c1-4-7-10-13-16-19-22-25-27-29-31-34-36-39-42-45-48-51-57(66)73-54-56(75-58(67)52-49-46-43-40-37-33-24-21-18-15-12-9-6-3)55-74-65-63(61(70)60(69)62(77-65)64(71)72)76-59(68)53-50-47-44-41-38-35-32-30-28-26-23-20-17-14-11-8-5-2/h9,12,18,21,33,37,43,46,56,60-63,65,69-70H,4-8,10-11,13-17,19-20,22-32,34-36,38-42,44-45,47-55H2,1-3H3,(H,71,72)/b12-9-,21-18-,37-33-,46-43-. The Morgan fingerprint density at radius 3 is 1.22 bits per heavy atom. The van der Waals surface area contributed by atoms with Gasteiger partial charge in [0.05, 0.1) is 6.61 Å². The molecule has 0 radical (unpaired) electrons. The first-order valence-electron chi connectivity index (χ1n) is 31.6. The van der Waals surface area contributed by atoms with Crippen LogP contribution in [0.15, 0.2) is 48.6 Å². The molecular formula is C65H114O12. The predicted molar refractivity (Wildman–Crippen MR) is 312 cm³/mol. The van der Waals surface area contributed by atoms with E-state index in [1.807, 2.05) is 12.2 Å². The Morgan fingerprint density at radius 2 is 0.818 bits per heavy atom. The van der Waals surface area contributed by atoms with Crippen molar-refractivity contribution in [3.63, 3.8) is 0 Å². The number of ether oxygens (including phenoxy) is 5. The van der Waals surface area contributed by atoms with Crippen molar-refractivity contribution in [3.8, 4) is 0 Å². The summed E-state index contributed by atoms with van der Waals surface area (Å²) in [6.07, 6.45) is 52.4. The number of carboxylic acid groups (broad SMARTS) is 1. The van der Waals surface area contributed by atoms with Gasteiger partial charge in [-0.05, 0) is 44.9 Å². The van der Waals surface area contributed by atoms with Crippen molar-refractivity contribution in [1.29, 1.82) is 0 Å². The molecule has 77 heavy (non-hydrogen) atoms. The van der Waals surface area contributed by atoms with E-state index in [2.05, 4.69) is 57.2 Å². The van der Waals surface area contributed by atoms with Crippen molar-refractivity contribution < 1.29 is 58.2 Å². The molecule has 12 nitrogen and oxygen atoms in total. The van der Waals surface area contributed by atoms with E-state index in [0.29, 0.717) is 19.3 Å². The summed E-state index contributed by atoms with van der Waals surface area (Å²) in [4.78, 5) is 51.2. The second kappa shape index (κ2) is 53.3. The number of rotatable bonds is 54. The third kappa shape index (κ3) is 43.2. The van der Waals surface area contributed by atoms with E-state index in [1.165, 1.54) is 161 Å². The highest BCUT2D eigenvalue weighted by Crippen LogP contribution is 2.27. The molecule has 1 aliphatic rings. The first kappa shape index (κ1) is 71.7. The summed E-state index contributed by atoms with van der Waals surface area (Å²) in [6.45, 7) is 5.86. The van der Waals surface area contributed by atoms with Gasteiger partial charge in [0.15, 0.2) is 24.6 Å². The van der Waals surface area contributed by atoms with Gasteiger partial charge in [0.1, 0.15) is 18.8 Å². The van der Waals surface area contributed by atoms with E-state index < -0.39 is 67.3 Å². The van der Waals surface area contributed by atoms with Gasteiger partial charge in [-0.15, -0.1) is 0 Å². The monoisotopic (exact) mass is 1090 g/mol. The van der Waals surface area contributed by atoms with Crippen LogP contribution in [0.1, 0.15) is 290 Å². The van der Waals surface area contributed by atoms with Crippen LogP contribution in [0, 0.1) is 0 Å². The molecule has 1 saturated heterocycles. The van der Waals surface area contributed by atoms with Crippen LogP contribution in [0.3, 0.4) is 0 Å².